The van der Waals surface area contributed by atoms with Gasteiger partial charge in [-0.2, -0.15) is 0 Å². The number of benzene rings is 5. The number of furan rings is 2. The smallest absolute Gasteiger partial charge is 0.144 e. The summed E-state index contributed by atoms with van der Waals surface area (Å²) in [6.07, 6.45) is 0. The normalized spacial score (nSPS) is 11.8. The first kappa shape index (κ1) is 18.6. The van der Waals surface area contributed by atoms with Crippen LogP contribution < -0.4 is 0 Å². The largest absolute Gasteiger partial charge is 0.455 e. The topological polar surface area (TPSA) is 26.3 Å². The van der Waals surface area contributed by atoms with Crippen LogP contribution in [0.25, 0.3) is 66.1 Å². The number of hydrogen-bond donors (Lipinski definition) is 0. The van der Waals surface area contributed by atoms with Gasteiger partial charge in [0.1, 0.15) is 22.3 Å². The lowest BCUT2D eigenvalue weighted by molar-refractivity contribution is 0.665. The van der Waals surface area contributed by atoms with E-state index in [1.807, 2.05) is 42.5 Å². The molecule has 2 heterocycles. The number of hydrogen-bond acceptors (Lipinski definition) is 2. The zero-order valence-electron chi connectivity index (χ0n) is 17.5. The molecule has 0 saturated carbocycles. The highest BCUT2D eigenvalue weighted by Crippen LogP contribution is 2.44. The molecule has 5 aromatic carbocycles. The van der Waals surface area contributed by atoms with E-state index >= 15 is 0 Å². The van der Waals surface area contributed by atoms with Crippen LogP contribution in [0, 0.1) is 0 Å². The fraction of sp³-hybridized carbons (Fsp3) is 0. The molecule has 0 unspecified atom stereocenters. The first-order valence-electron chi connectivity index (χ1n) is 10.9. The van der Waals surface area contributed by atoms with Gasteiger partial charge in [0, 0.05) is 37.7 Å². The summed E-state index contributed by atoms with van der Waals surface area (Å²) >= 11 is 6.16. The van der Waals surface area contributed by atoms with Crippen molar-refractivity contribution in [2.45, 2.75) is 0 Å². The van der Waals surface area contributed by atoms with E-state index in [9.17, 15) is 0 Å². The minimum absolute atomic E-state index is 0.722. The molecule has 0 bridgehead atoms. The van der Waals surface area contributed by atoms with Crippen LogP contribution in [0.1, 0.15) is 0 Å². The maximum Gasteiger partial charge on any atom is 0.144 e. The van der Waals surface area contributed by atoms with Crippen molar-refractivity contribution in [1.29, 1.82) is 0 Å². The molecule has 33 heavy (non-hydrogen) atoms. The molecule has 0 aliphatic heterocycles. The highest BCUT2D eigenvalue weighted by atomic mass is 35.5. The van der Waals surface area contributed by atoms with Crippen LogP contribution in [-0.2, 0) is 0 Å². The summed E-state index contributed by atoms with van der Waals surface area (Å²) in [6.45, 7) is 0. The zero-order chi connectivity index (χ0) is 21.9. The molecular weight excluding hydrogens is 428 g/mol. The summed E-state index contributed by atoms with van der Waals surface area (Å²) < 4.78 is 12.8. The Kier molecular flexibility index (Phi) is 3.93. The highest BCUT2D eigenvalue weighted by molar-refractivity contribution is 6.30. The van der Waals surface area contributed by atoms with E-state index in [1.165, 1.54) is 0 Å². The van der Waals surface area contributed by atoms with Crippen LogP contribution in [0.3, 0.4) is 0 Å². The van der Waals surface area contributed by atoms with Gasteiger partial charge in [0.25, 0.3) is 0 Å². The van der Waals surface area contributed by atoms with E-state index < -0.39 is 0 Å². The van der Waals surface area contributed by atoms with Crippen LogP contribution in [0.5, 0.6) is 0 Å². The number of para-hydroxylation sites is 3. The summed E-state index contributed by atoms with van der Waals surface area (Å²) in [5, 5.41) is 5.14. The molecule has 0 N–H and O–H groups in total. The number of fused-ring (bicyclic) bond motifs is 6. The quantitative estimate of drug-likeness (QED) is 0.265. The van der Waals surface area contributed by atoms with Gasteiger partial charge in [-0.25, -0.2) is 0 Å². The first-order chi connectivity index (χ1) is 16.3. The Hall–Kier alpha value is -4.01. The zero-order valence-corrected chi connectivity index (χ0v) is 18.3. The summed E-state index contributed by atoms with van der Waals surface area (Å²) in [4.78, 5) is 0. The third-order valence-corrected chi connectivity index (χ3v) is 6.63. The van der Waals surface area contributed by atoms with Gasteiger partial charge >= 0.3 is 0 Å². The Balaban J connectivity index is 1.59. The predicted molar refractivity (Wildman–Crippen MR) is 137 cm³/mol. The summed E-state index contributed by atoms with van der Waals surface area (Å²) in [7, 11) is 0. The van der Waals surface area contributed by atoms with Crippen molar-refractivity contribution in [3.05, 3.63) is 108 Å². The molecule has 7 aromatic rings. The molecule has 7 rings (SSSR count). The fourth-order valence-corrected chi connectivity index (χ4v) is 5.00. The Labute approximate surface area is 194 Å². The summed E-state index contributed by atoms with van der Waals surface area (Å²) in [5.74, 6) is 0. The second-order valence-electron chi connectivity index (χ2n) is 8.25. The summed E-state index contributed by atoms with van der Waals surface area (Å²) in [5.41, 5.74) is 7.75. The Morgan fingerprint density at radius 3 is 1.88 bits per heavy atom. The van der Waals surface area contributed by atoms with E-state index in [1.54, 1.807) is 0 Å². The second kappa shape index (κ2) is 6.99. The van der Waals surface area contributed by atoms with Gasteiger partial charge in [0.15, 0.2) is 0 Å². The van der Waals surface area contributed by atoms with Crippen LogP contribution in [0.15, 0.2) is 112 Å². The molecule has 0 spiro atoms. The highest BCUT2D eigenvalue weighted by Gasteiger charge is 2.20. The van der Waals surface area contributed by atoms with Crippen molar-refractivity contribution >= 4 is 55.5 Å². The van der Waals surface area contributed by atoms with Crippen LogP contribution in [0.4, 0.5) is 0 Å². The second-order valence-corrected chi connectivity index (χ2v) is 8.69. The van der Waals surface area contributed by atoms with Crippen molar-refractivity contribution in [3.63, 3.8) is 0 Å². The Morgan fingerprint density at radius 2 is 1.06 bits per heavy atom. The maximum absolute atomic E-state index is 6.48. The third kappa shape index (κ3) is 2.75. The maximum atomic E-state index is 6.48. The molecule has 156 valence electrons. The van der Waals surface area contributed by atoms with Gasteiger partial charge < -0.3 is 8.83 Å². The van der Waals surface area contributed by atoms with E-state index in [4.69, 9.17) is 20.4 Å². The van der Waals surface area contributed by atoms with Crippen LogP contribution in [-0.4, -0.2) is 0 Å². The van der Waals surface area contributed by atoms with Crippen molar-refractivity contribution in [2.24, 2.45) is 0 Å². The van der Waals surface area contributed by atoms with Gasteiger partial charge in [-0.15, -0.1) is 0 Å². The van der Waals surface area contributed by atoms with Gasteiger partial charge in [-0.3, -0.25) is 0 Å². The first-order valence-corrected chi connectivity index (χ1v) is 11.3. The molecular formula is C30H17ClO2. The van der Waals surface area contributed by atoms with E-state index in [0.29, 0.717) is 0 Å². The lowest BCUT2D eigenvalue weighted by Gasteiger charge is -2.09. The molecule has 0 aliphatic carbocycles. The molecule has 2 aromatic heterocycles. The lowest BCUT2D eigenvalue weighted by Crippen LogP contribution is -1.84. The molecule has 0 atom stereocenters. The number of rotatable bonds is 2. The summed E-state index contributed by atoms with van der Waals surface area (Å²) in [6, 6.07) is 34.9. The van der Waals surface area contributed by atoms with E-state index in [-0.39, 0.29) is 0 Å². The molecule has 0 aliphatic rings. The van der Waals surface area contributed by atoms with Crippen molar-refractivity contribution in [3.8, 4) is 22.3 Å². The van der Waals surface area contributed by atoms with Crippen molar-refractivity contribution in [1.82, 2.24) is 0 Å². The molecule has 0 fully saturated rings. The average molecular weight is 445 g/mol. The van der Waals surface area contributed by atoms with Gasteiger partial charge in [-0.05, 0) is 41.5 Å². The van der Waals surface area contributed by atoms with E-state index in [0.717, 1.165) is 71.2 Å². The molecule has 0 radical (unpaired) electrons. The van der Waals surface area contributed by atoms with Crippen molar-refractivity contribution < 1.29 is 8.83 Å². The number of halogens is 1. The monoisotopic (exact) mass is 444 g/mol. The SMILES string of the molecule is Clc1ccc(-c2ccc(-c3cccc4c3oc3ccccc34)c3oc4ccccc4c23)cc1. The predicted octanol–water partition coefficient (Wildman–Crippen LogP) is 9.47. The Morgan fingerprint density at radius 1 is 0.455 bits per heavy atom. The van der Waals surface area contributed by atoms with E-state index in [2.05, 4.69) is 60.7 Å². The minimum Gasteiger partial charge on any atom is -0.455 e. The van der Waals surface area contributed by atoms with Gasteiger partial charge in [0.2, 0.25) is 0 Å². The van der Waals surface area contributed by atoms with Gasteiger partial charge in [-0.1, -0.05) is 84.4 Å². The van der Waals surface area contributed by atoms with Crippen LogP contribution >= 0.6 is 11.6 Å². The average Bonchev–Trinajstić information content (AvgIpc) is 3.43. The molecule has 0 amide bonds. The van der Waals surface area contributed by atoms with Crippen molar-refractivity contribution in [2.75, 3.05) is 0 Å². The van der Waals surface area contributed by atoms with Crippen LogP contribution in [0.2, 0.25) is 5.02 Å². The fourth-order valence-electron chi connectivity index (χ4n) is 4.87. The molecule has 2 nitrogen and oxygen atoms in total. The van der Waals surface area contributed by atoms with Gasteiger partial charge in [0.05, 0.1) is 0 Å². The third-order valence-electron chi connectivity index (χ3n) is 6.38. The Bertz CT molecular complexity index is 1820. The minimum atomic E-state index is 0.722. The molecule has 3 heteroatoms. The standard InChI is InChI=1S/C30H17ClO2/c31-19-14-12-18(13-15-19)20-16-17-24(30-28(20)25-7-2-4-11-27(25)33-30)23-9-5-8-22-21-6-1-3-10-26(21)32-29(22)23/h1-17H. The lowest BCUT2D eigenvalue weighted by atomic mass is 9.94. The molecule has 0 saturated heterocycles.